The zero-order valence-corrected chi connectivity index (χ0v) is 16.0. The van der Waals surface area contributed by atoms with Crippen molar-refractivity contribution in [3.63, 3.8) is 0 Å². The molecule has 3 aromatic rings. The molecule has 0 aromatic heterocycles. The van der Waals surface area contributed by atoms with Crippen LogP contribution in [0.15, 0.2) is 66.7 Å². The molecule has 0 saturated heterocycles. The smallest absolute Gasteiger partial charge is 0.159 e. The van der Waals surface area contributed by atoms with E-state index in [-0.39, 0.29) is 11.6 Å². The minimum Gasteiger partial charge on any atom is -0.295 e. The summed E-state index contributed by atoms with van der Waals surface area (Å²) < 4.78 is 14.4. The lowest BCUT2D eigenvalue weighted by atomic mass is 9.97. The standard InChI is InChI=1S/C25H25FO/c1-3-4-5-6-23-15-16-24(17-25(23)26)22-13-11-21(12-14-22)20-9-7-19(8-10-20)18(2)27/h7-17H,3-6H2,1-2H3. The Bertz CT molecular complexity index is 908. The fourth-order valence-corrected chi connectivity index (χ4v) is 3.25. The largest absolute Gasteiger partial charge is 0.295 e. The molecule has 0 amide bonds. The molecule has 3 aromatic carbocycles. The third-order valence-electron chi connectivity index (χ3n) is 4.95. The fraction of sp³-hybridized carbons (Fsp3) is 0.240. The second kappa shape index (κ2) is 8.77. The van der Waals surface area contributed by atoms with Crippen molar-refractivity contribution in [2.45, 2.75) is 39.5 Å². The highest BCUT2D eigenvalue weighted by atomic mass is 19.1. The first-order valence-corrected chi connectivity index (χ1v) is 9.58. The van der Waals surface area contributed by atoms with Crippen LogP contribution in [0.3, 0.4) is 0 Å². The van der Waals surface area contributed by atoms with Crippen molar-refractivity contribution in [1.82, 2.24) is 0 Å². The molecule has 2 heteroatoms. The maximum absolute atomic E-state index is 14.4. The van der Waals surface area contributed by atoms with Crippen LogP contribution in [0, 0.1) is 5.82 Å². The molecule has 138 valence electrons. The molecule has 0 saturated carbocycles. The Morgan fingerprint density at radius 3 is 1.81 bits per heavy atom. The zero-order chi connectivity index (χ0) is 19.2. The van der Waals surface area contributed by atoms with E-state index < -0.39 is 0 Å². The van der Waals surface area contributed by atoms with E-state index in [1.54, 1.807) is 13.0 Å². The maximum atomic E-state index is 14.4. The molecule has 3 rings (SSSR count). The van der Waals surface area contributed by atoms with Gasteiger partial charge in [0.05, 0.1) is 0 Å². The van der Waals surface area contributed by atoms with Gasteiger partial charge < -0.3 is 0 Å². The fourth-order valence-electron chi connectivity index (χ4n) is 3.25. The number of hydrogen-bond donors (Lipinski definition) is 0. The van der Waals surface area contributed by atoms with Gasteiger partial charge >= 0.3 is 0 Å². The lowest BCUT2D eigenvalue weighted by Crippen LogP contribution is -1.92. The molecule has 0 radical (unpaired) electrons. The van der Waals surface area contributed by atoms with E-state index in [0.29, 0.717) is 5.56 Å². The molecule has 0 spiro atoms. The van der Waals surface area contributed by atoms with E-state index in [0.717, 1.165) is 53.5 Å². The Labute approximate surface area is 160 Å². The second-order valence-corrected chi connectivity index (χ2v) is 6.97. The first-order chi connectivity index (χ1) is 13.1. The topological polar surface area (TPSA) is 17.1 Å². The van der Waals surface area contributed by atoms with Gasteiger partial charge in [-0.15, -0.1) is 0 Å². The summed E-state index contributed by atoms with van der Waals surface area (Å²) in [5.41, 5.74) is 5.54. The molecule has 0 unspecified atom stereocenters. The lowest BCUT2D eigenvalue weighted by Gasteiger charge is -2.08. The van der Waals surface area contributed by atoms with E-state index in [1.165, 1.54) is 0 Å². The summed E-state index contributed by atoms with van der Waals surface area (Å²) in [6, 6.07) is 21.2. The van der Waals surface area contributed by atoms with Crippen molar-refractivity contribution in [3.05, 3.63) is 83.7 Å². The average molecular weight is 360 g/mol. The third kappa shape index (κ3) is 4.71. The van der Waals surface area contributed by atoms with Crippen molar-refractivity contribution in [2.75, 3.05) is 0 Å². The number of carbonyl (C=O) groups is 1. The van der Waals surface area contributed by atoms with Gasteiger partial charge in [0.15, 0.2) is 5.78 Å². The zero-order valence-electron chi connectivity index (χ0n) is 16.0. The monoisotopic (exact) mass is 360 g/mol. The Kier molecular flexibility index (Phi) is 6.18. The van der Waals surface area contributed by atoms with Gasteiger partial charge in [0, 0.05) is 5.56 Å². The number of aryl methyl sites for hydroxylation is 1. The molecular weight excluding hydrogens is 335 g/mol. The van der Waals surface area contributed by atoms with Crippen molar-refractivity contribution < 1.29 is 9.18 Å². The molecule has 0 N–H and O–H groups in total. The quantitative estimate of drug-likeness (QED) is 0.324. The van der Waals surface area contributed by atoms with E-state index in [9.17, 15) is 9.18 Å². The molecular formula is C25H25FO. The predicted octanol–water partition coefficient (Wildman–Crippen LogP) is 7.10. The summed E-state index contributed by atoms with van der Waals surface area (Å²) in [6.07, 6.45) is 4.11. The highest BCUT2D eigenvalue weighted by Crippen LogP contribution is 2.27. The summed E-state index contributed by atoms with van der Waals surface area (Å²) >= 11 is 0. The molecule has 0 heterocycles. The molecule has 0 aliphatic carbocycles. The van der Waals surface area contributed by atoms with Crippen molar-refractivity contribution in [3.8, 4) is 22.3 Å². The van der Waals surface area contributed by atoms with Crippen LogP contribution in [-0.2, 0) is 6.42 Å². The molecule has 0 atom stereocenters. The number of ketones is 1. The number of carbonyl (C=O) groups excluding carboxylic acids is 1. The van der Waals surface area contributed by atoms with Crippen LogP contribution in [-0.4, -0.2) is 5.78 Å². The van der Waals surface area contributed by atoms with Gasteiger partial charge in [-0.1, -0.05) is 80.4 Å². The molecule has 1 nitrogen and oxygen atoms in total. The van der Waals surface area contributed by atoms with E-state index in [1.807, 2.05) is 60.7 Å². The Morgan fingerprint density at radius 2 is 1.30 bits per heavy atom. The van der Waals surface area contributed by atoms with Gasteiger partial charge in [-0.2, -0.15) is 0 Å². The van der Waals surface area contributed by atoms with Gasteiger partial charge in [0.1, 0.15) is 5.82 Å². The Balaban J connectivity index is 1.76. The number of unbranched alkanes of at least 4 members (excludes halogenated alkanes) is 2. The minimum absolute atomic E-state index is 0.0667. The SMILES string of the molecule is CCCCCc1ccc(-c2ccc(-c3ccc(C(C)=O)cc3)cc2)cc1F. The predicted molar refractivity (Wildman–Crippen MR) is 111 cm³/mol. The van der Waals surface area contributed by atoms with E-state index in [4.69, 9.17) is 0 Å². The van der Waals surface area contributed by atoms with E-state index in [2.05, 4.69) is 6.92 Å². The highest BCUT2D eigenvalue weighted by molar-refractivity contribution is 5.94. The first kappa shape index (κ1) is 19.0. The number of rotatable bonds is 7. The minimum atomic E-state index is -0.118. The molecule has 0 bridgehead atoms. The van der Waals surface area contributed by atoms with Gasteiger partial charge in [-0.05, 0) is 53.6 Å². The normalized spacial score (nSPS) is 10.8. The molecule has 0 fully saturated rings. The number of hydrogen-bond acceptors (Lipinski definition) is 1. The second-order valence-electron chi connectivity index (χ2n) is 6.97. The average Bonchev–Trinajstić information content (AvgIpc) is 2.69. The summed E-state index contributed by atoms with van der Waals surface area (Å²) in [7, 11) is 0. The maximum Gasteiger partial charge on any atom is 0.159 e. The van der Waals surface area contributed by atoms with Crippen molar-refractivity contribution >= 4 is 5.78 Å². The van der Waals surface area contributed by atoms with Crippen LogP contribution >= 0.6 is 0 Å². The number of benzene rings is 3. The third-order valence-corrected chi connectivity index (χ3v) is 4.95. The van der Waals surface area contributed by atoms with Crippen LogP contribution in [0.25, 0.3) is 22.3 Å². The number of halogens is 1. The van der Waals surface area contributed by atoms with Crippen LogP contribution in [0.1, 0.15) is 49.0 Å². The first-order valence-electron chi connectivity index (χ1n) is 9.58. The summed E-state index contributed by atoms with van der Waals surface area (Å²) in [4.78, 5) is 11.4. The molecule has 0 aliphatic heterocycles. The van der Waals surface area contributed by atoms with Gasteiger partial charge in [-0.25, -0.2) is 4.39 Å². The summed E-state index contributed by atoms with van der Waals surface area (Å²) in [6.45, 7) is 3.72. The van der Waals surface area contributed by atoms with E-state index >= 15 is 0 Å². The lowest BCUT2D eigenvalue weighted by molar-refractivity contribution is 0.101. The summed E-state index contributed by atoms with van der Waals surface area (Å²) in [5, 5.41) is 0. The van der Waals surface area contributed by atoms with Crippen LogP contribution in [0.4, 0.5) is 4.39 Å². The van der Waals surface area contributed by atoms with Crippen LogP contribution < -0.4 is 0 Å². The van der Waals surface area contributed by atoms with Crippen molar-refractivity contribution in [2.24, 2.45) is 0 Å². The van der Waals surface area contributed by atoms with Crippen LogP contribution in [0.2, 0.25) is 0 Å². The Hall–Kier alpha value is -2.74. The molecule has 27 heavy (non-hydrogen) atoms. The highest BCUT2D eigenvalue weighted by Gasteiger charge is 2.06. The molecule has 0 aliphatic rings. The van der Waals surface area contributed by atoms with Gasteiger partial charge in [0.2, 0.25) is 0 Å². The summed E-state index contributed by atoms with van der Waals surface area (Å²) in [5.74, 6) is -0.0513. The van der Waals surface area contributed by atoms with Crippen LogP contribution in [0.5, 0.6) is 0 Å². The van der Waals surface area contributed by atoms with Gasteiger partial charge in [0.25, 0.3) is 0 Å². The Morgan fingerprint density at radius 1 is 0.778 bits per heavy atom. The van der Waals surface area contributed by atoms with Crippen molar-refractivity contribution in [1.29, 1.82) is 0 Å². The number of Topliss-reactive ketones (excluding diaryl/α,β-unsaturated/α-hetero) is 1. The van der Waals surface area contributed by atoms with Gasteiger partial charge in [-0.3, -0.25) is 4.79 Å².